The SMILES string of the molecule is O=C(O)O.[CH2-]Br.[K+]. The molecule has 0 aromatic carbocycles. The molecule has 38 valence electrons. The molecule has 2 N–H and O–H groups in total. The van der Waals surface area contributed by atoms with E-state index in [4.69, 9.17) is 15.0 Å². The van der Waals surface area contributed by atoms with Crippen LogP contribution in [0.3, 0.4) is 0 Å². The monoisotopic (exact) mass is 194 g/mol. The summed E-state index contributed by atoms with van der Waals surface area (Å²) in [6.07, 6.45) is -1.83. The van der Waals surface area contributed by atoms with E-state index in [-0.39, 0.29) is 51.4 Å². The van der Waals surface area contributed by atoms with Crippen LogP contribution in [0.4, 0.5) is 4.79 Å². The smallest absolute Gasteiger partial charge is 0.450 e. The van der Waals surface area contributed by atoms with Gasteiger partial charge in [-0.3, -0.25) is 5.83 Å². The number of rotatable bonds is 0. The Balaban J connectivity index is -0.0000000480. The topological polar surface area (TPSA) is 57.5 Å². The van der Waals surface area contributed by atoms with Gasteiger partial charge in [0.1, 0.15) is 0 Å². The van der Waals surface area contributed by atoms with E-state index in [0.717, 1.165) is 0 Å². The van der Waals surface area contributed by atoms with Crippen LogP contribution in [0.15, 0.2) is 0 Å². The second-order valence-corrected chi connectivity index (χ2v) is 0.283. The van der Waals surface area contributed by atoms with E-state index in [0.29, 0.717) is 0 Å². The molecule has 0 bridgehead atoms. The maximum Gasteiger partial charge on any atom is 1.00 e. The molecule has 0 radical (unpaired) electrons. The van der Waals surface area contributed by atoms with E-state index in [1.807, 2.05) is 0 Å². The van der Waals surface area contributed by atoms with Crippen molar-refractivity contribution >= 4 is 22.1 Å². The van der Waals surface area contributed by atoms with E-state index in [2.05, 4.69) is 21.8 Å². The zero-order chi connectivity index (χ0) is 5.58. The predicted octanol–water partition coefficient (Wildman–Crippen LogP) is -1.60. The van der Waals surface area contributed by atoms with Crippen LogP contribution in [0.5, 0.6) is 0 Å². The molecule has 0 aliphatic rings. The number of hydrogen-bond donors (Lipinski definition) is 2. The van der Waals surface area contributed by atoms with Crippen LogP contribution in [0, 0.1) is 5.83 Å². The van der Waals surface area contributed by atoms with Gasteiger partial charge in [-0.1, -0.05) is 0 Å². The van der Waals surface area contributed by atoms with Gasteiger partial charge >= 0.3 is 57.5 Å². The average Bonchev–Trinajstić information content (AvgIpc) is 1.41. The molecule has 0 unspecified atom stereocenters. The molecule has 0 aliphatic heterocycles. The van der Waals surface area contributed by atoms with Gasteiger partial charge in [-0.25, -0.2) is 4.79 Å². The predicted molar refractivity (Wildman–Crippen MR) is 24.9 cm³/mol. The third kappa shape index (κ3) is 111. The molecule has 0 rings (SSSR count). The second-order valence-electron chi connectivity index (χ2n) is 0.283. The molecule has 7 heavy (non-hydrogen) atoms. The van der Waals surface area contributed by atoms with Crippen LogP contribution >= 0.6 is 15.9 Å². The number of carboxylic acid groups (broad SMARTS) is 2. The Morgan fingerprint density at radius 2 is 1.43 bits per heavy atom. The number of hydrogen-bond acceptors (Lipinski definition) is 1. The minimum Gasteiger partial charge on any atom is -0.450 e. The Hall–Kier alpha value is 1.39. The quantitative estimate of drug-likeness (QED) is 0.361. The van der Waals surface area contributed by atoms with Gasteiger partial charge in [-0.2, -0.15) is 0 Å². The molecule has 5 heteroatoms. The van der Waals surface area contributed by atoms with E-state index in [1.165, 1.54) is 0 Å². The molecule has 0 amide bonds. The average molecular weight is 195 g/mol. The molecule has 0 saturated heterocycles. The van der Waals surface area contributed by atoms with Gasteiger partial charge in [0.15, 0.2) is 0 Å². The molecule has 0 spiro atoms. The van der Waals surface area contributed by atoms with E-state index >= 15 is 0 Å². The Labute approximate surface area is 92.7 Å². The van der Waals surface area contributed by atoms with Gasteiger partial charge in [-0.15, -0.1) is 0 Å². The van der Waals surface area contributed by atoms with E-state index in [9.17, 15) is 0 Å². The van der Waals surface area contributed by atoms with Crippen molar-refractivity contribution in [1.82, 2.24) is 0 Å². The molecule has 0 atom stereocenters. The summed E-state index contributed by atoms with van der Waals surface area (Å²) in [5.41, 5.74) is 0. The van der Waals surface area contributed by atoms with Gasteiger partial charge in [0.05, 0.1) is 0 Å². The second kappa shape index (κ2) is 15.7. The first-order valence-corrected chi connectivity index (χ1v) is 2.04. The van der Waals surface area contributed by atoms with Gasteiger partial charge in [0, 0.05) is 0 Å². The largest absolute Gasteiger partial charge is 1.00 e. The van der Waals surface area contributed by atoms with Gasteiger partial charge in [0.2, 0.25) is 0 Å². The summed E-state index contributed by atoms with van der Waals surface area (Å²) in [5.74, 6) is 3.06. The van der Waals surface area contributed by atoms with Crippen LogP contribution in [-0.2, 0) is 0 Å². The van der Waals surface area contributed by atoms with Crippen LogP contribution < -0.4 is 51.4 Å². The Morgan fingerprint density at radius 1 is 1.43 bits per heavy atom. The fraction of sp³-hybridized carbons (Fsp3) is 0. The normalized spacial score (nSPS) is 4.29. The molecule has 3 nitrogen and oxygen atoms in total. The summed E-state index contributed by atoms with van der Waals surface area (Å²) in [6.45, 7) is 0. The Morgan fingerprint density at radius 3 is 1.43 bits per heavy atom. The first-order chi connectivity index (χ1) is 2.73. The van der Waals surface area contributed by atoms with Crippen LogP contribution in [0.2, 0.25) is 0 Å². The van der Waals surface area contributed by atoms with Crippen molar-refractivity contribution in [2.75, 3.05) is 0 Å². The summed E-state index contributed by atoms with van der Waals surface area (Å²) >= 11 is 2.69. The molecule has 0 fully saturated rings. The Bertz CT molecular complexity index is 35.9. The summed E-state index contributed by atoms with van der Waals surface area (Å²) in [6, 6.07) is 0. The first-order valence-electron chi connectivity index (χ1n) is 0.919. The Kier molecular flexibility index (Phi) is 35.3. The first kappa shape index (κ1) is 15.8. The van der Waals surface area contributed by atoms with Crippen molar-refractivity contribution in [2.24, 2.45) is 0 Å². The third-order valence-corrected chi connectivity index (χ3v) is 0. The summed E-state index contributed by atoms with van der Waals surface area (Å²) < 4.78 is 0. The van der Waals surface area contributed by atoms with Crippen LogP contribution in [0.1, 0.15) is 0 Å². The van der Waals surface area contributed by atoms with Crippen molar-refractivity contribution in [3.05, 3.63) is 5.83 Å². The molecule has 0 heterocycles. The minimum atomic E-state index is -1.83. The van der Waals surface area contributed by atoms with Gasteiger partial charge in [-0.05, 0) is 0 Å². The molecule has 0 saturated carbocycles. The molecule has 0 aromatic rings. The van der Waals surface area contributed by atoms with Crippen molar-refractivity contribution in [2.45, 2.75) is 0 Å². The maximum absolute atomic E-state index is 8.56. The zero-order valence-corrected chi connectivity index (χ0v) is 8.60. The fourth-order valence-electron chi connectivity index (χ4n) is 0. The fourth-order valence-corrected chi connectivity index (χ4v) is 0. The van der Waals surface area contributed by atoms with Crippen molar-refractivity contribution in [1.29, 1.82) is 0 Å². The van der Waals surface area contributed by atoms with Gasteiger partial charge < -0.3 is 26.1 Å². The summed E-state index contributed by atoms with van der Waals surface area (Å²) in [7, 11) is 0. The zero-order valence-electron chi connectivity index (χ0n) is 3.89. The van der Waals surface area contributed by atoms with Crippen LogP contribution in [-0.4, -0.2) is 16.4 Å². The van der Waals surface area contributed by atoms with Crippen LogP contribution in [0.25, 0.3) is 0 Å². The standard InChI is InChI=1S/CH2Br.CH2O3.K/c1-2;2-1(3)4;/h1H2;(H2,2,3,4);/q-1;;+1. The van der Waals surface area contributed by atoms with E-state index in [1.54, 1.807) is 0 Å². The molecular weight excluding hydrogens is 191 g/mol. The van der Waals surface area contributed by atoms with E-state index < -0.39 is 6.16 Å². The molecule has 0 aliphatic carbocycles. The van der Waals surface area contributed by atoms with Gasteiger partial charge in [0.25, 0.3) is 0 Å². The van der Waals surface area contributed by atoms with Crippen molar-refractivity contribution < 1.29 is 66.4 Å². The van der Waals surface area contributed by atoms with Crippen molar-refractivity contribution in [3.63, 3.8) is 0 Å². The third-order valence-electron chi connectivity index (χ3n) is 0. The number of halogens is 1. The summed E-state index contributed by atoms with van der Waals surface area (Å²) in [5, 5.41) is 13.9. The summed E-state index contributed by atoms with van der Waals surface area (Å²) in [4.78, 5) is 8.56. The molecular formula is C2H4BrKO3. The van der Waals surface area contributed by atoms with Crippen molar-refractivity contribution in [3.8, 4) is 0 Å². The minimum absolute atomic E-state index is 0. The maximum atomic E-state index is 8.56. The number of carbonyl (C=O) groups is 1. The molecule has 0 aromatic heterocycles.